The smallest absolute Gasteiger partial charge is 0.338 e. The molecule has 312 valence electrons. The summed E-state index contributed by atoms with van der Waals surface area (Å²) < 4.78 is 32.5. The molecule has 12 nitrogen and oxygen atoms in total. The van der Waals surface area contributed by atoms with Gasteiger partial charge in [-0.05, 0) is 129 Å². The molecule has 0 aliphatic rings. The van der Waals surface area contributed by atoms with E-state index in [2.05, 4.69) is 0 Å². The standard InChI is InChI=1S/C49H44O12/c1-29-6-10-34(11-7-29)44(50)56-26-32(4)60-48(54)42-20-16-37-23-41(19-15-38(37)24-42)46(52)58-28-33(5)61-49(55)43-21-17-36-22-40(18-14-39(36)25-43)45(51)57-27-31(3)59-47(53)35-12-8-30(2)9-13-35/h6-25,31-33H,26-28H2,1-5H3. The van der Waals surface area contributed by atoms with Crippen molar-refractivity contribution in [3.8, 4) is 0 Å². The van der Waals surface area contributed by atoms with Crippen LogP contribution in [0.3, 0.4) is 0 Å². The van der Waals surface area contributed by atoms with Crippen LogP contribution in [0.5, 0.6) is 0 Å². The molecule has 61 heavy (non-hydrogen) atoms. The molecule has 6 aromatic carbocycles. The van der Waals surface area contributed by atoms with Gasteiger partial charge in [-0.25, -0.2) is 28.8 Å². The summed E-state index contributed by atoms with van der Waals surface area (Å²) >= 11 is 0. The number of aryl methyl sites for hydroxylation is 2. The first-order valence-electron chi connectivity index (χ1n) is 19.6. The van der Waals surface area contributed by atoms with E-state index in [-0.39, 0.29) is 42.1 Å². The van der Waals surface area contributed by atoms with Crippen molar-refractivity contribution in [1.82, 2.24) is 0 Å². The van der Waals surface area contributed by atoms with E-state index >= 15 is 0 Å². The molecule has 3 unspecified atom stereocenters. The van der Waals surface area contributed by atoms with Crippen LogP contribution in [0.4, 0.5) is 0 Å². The molecule has 0 bridgehead atoms. The van der Waals surface area contributed by atoms with Gasteiger partial charge in [-0.2, -0.15) is 0 Å². The summed E-state index contributed by atoms with van der Waals surface area (Å²) in [6.45, 7) is 8.26. The zero-order chi connectivity index (χ0) is 43.6. The third kappa shape index (κ3) is 11.7. The second-order valence-electron chi connectivity index (χ2n) is 14.7. The molecule has 6 aromatic rings. The van der Waals surface area contributed by atoms with Crippen molar-refractivity contribution in [3.63, 3.8) is 0 Å². The zero-order valence-corrected chi connectivity index (χ0v) is 34.3. The molecule has 0 amide bonds. The van der Waals surface area contributed by atoms with Crippen LogP contribution in [0.15, 0.2) is 121 Å². The topological polar surface area (TPSA) is 158 Å². The lowest BCUT2D eigenvalue weighted by atomic mass is 10.0. The second kappa shape index (κ2) is 19.6. The Hall–Kier alpha value is -7.34. The highest BCUT2D eigenvalue weighted by Gasteiger charge is 2.20. The van der Waals surface area contributed by atoms with Crippen LogP contribution in [0.25, 0.3) is 21.5 Å². The number of hydrogen-bond donors (Lipinski definition) is 0. The molecule has 12 heteroatoms. The van der Waals surface area contributed by atoms with Gasteiger partial charge in [-0.1, -0.05) is 59.7 Å². The monoisotopic (exact) mass is 824 g/mol. The van der Waals surface area contributed by atoms with E-state index in [9.17, 15) is 28.8 Å². The van der Waals surface area contributed by atoms with Crippen molar-refractivity contribution in [1.29, 1.82) is 0 Å². The molecule has 0 N–H and O–H groups in total. The molecule has 0 aliphatic heterocycles. The Kier molecular flexibility index (Phi) is 13.9. The predicted molar refractivity (Wildman–Crippen MR) is 226 cm³/mol. The number of fused-ring (bicyclic) bond motifs is 2. The number of esters is 6. The maximum absolute atomic E-state index is 13.0. The van der Waals surface area contributed by atoms with Crippen molar-refractivity contribution in [2.45, 2.75) is 52.9 Å². The van der Waals surface area contributed by atoms with Crippen molar-refractivity contribution in [2.24, 2.45) is 0 Å². The summed E-state index contributed by atoms with van der Waals surface area (Å²) in [5, 5.41) is 2.72. The van der Waals surface area contributed by atoms with Crippen LogP contribution in [0.1, 0.15) is 94.0 Å². The third-order valence-electron chi connectivity index (χ3n) is 9.47. The lowest BCUT2D eigenvalue weighted by Gasteiger charge is -2.15. The Bertz CT molecular complexity index is 2590. The molecule has 6 rings (SSSR count). The molecule has 0 heterocycles. The van der Waals surface area contributed by atoms with Gasteiger partial charge >= 0.3 is 35.8 Å². The molecule has 0 aromatic heterocycles. The quantitative estimate of drug-likeness (QED) is 0.0717. The second-order valence-corrected chi connectivity index (χ2v) is 14.7. The maximum atomic E-state index is 13.0. The third-order valence-corrected chi connectivity index (χ3v) is 9.47. The summed E-state index contributed by atoms with van der Waals surface area (Å²) in [5.41, 5.74) is 3.94. The number of hydrogen-bond acceptors (Lipinski definition) is 12. The number of ether oxygens (including phenoxy) is 6. The minimum atomic E-state index is -0.773. The van der Waals surface area contributed by atoms with Gasteiger partial charge in [0.1, 0.15) is 38.1 Å². The van der Waals surface area contributed by atoms with Crippen LogP contribution in [-0.4, -0.2) is 73.9 Å². The van der Waals surface area contributed by atoms with E-state index in [1.165, 1.54) is 0 Å². The summed E-state index contributed by atoms with van der Waals surface area (Å²) in [6, 6.07) is 33.4. The van der Waals surface area contributed by atoms with Crippen molar-refractivity contribution in [2.75, 3.05) is 19.8 Å². The van der Waals surface area contributed by atoms with E-state index in [1.54, 1.807) is 118 Å². The molecular formula is C49H44O12. The van der Waals surface area contributed by atoms with E-state index < -0.39 is 54.1 Å². The van der Waals surface area contributed by atoms with Gasteiger partial charge in [-0.15, -0.1) is 0 Å². The normalized spacial score (nSPS) is 12.4. The van der Waals surface area contributed by atoms with Gasteiger partial charge in [-0.3, -0.25) is 0 Å². The SMILES string of the molecule is Cc1ccc(C(=O)OCC(C)OC(=O)c2ccc3cc(C(=O)OCC(C)OC(=O)c4ccc5cc(C(=O)OCC(C)OC(=O)c6ccc(C)cc6)ccc5c4)ccc3c2)cc1. The van der Waals surface area contributed by atoms with Crippen LogP contribution in [-0.2, 0) is 28.4 Å². The Balaban J connectivity index is 0.946. The van der Waals surface area contributed by atoms with Gasteiger partial charge in [0.25, 0.3) is 0 Å². The lowest BCUT2D eigenvalue weighted by molar-refractivity contribution is 0.00444. The van der Waals surface area contributed by atoms with Crippen LogP contribution >= 0.6 is 0 Å². The zero-order valence-electron chi connectivity index (χ0n) is 34.3. The molecule has 3 atom stereocenters. The summed E-state index contributed by atoms with van der Waals surface area (Å²) in [6.07, 6.45) is -2.13. The number of carbonyl (C=O) groups is 6. The van der Waals surface area contributed by atoms with Gasteiger partial charge in [0.2, 0.25) is 0 Å². The fraction of sp³-hybridized carbons (Fsp3) is 0.224. The van der Waals surface area contributed by atoms with Gasteiger partial charge in [0, 0.05) is 0 Å². The fourth-order valence-corrected chi connectivity index (χ4v) is 6.06. The van der Waals surface area contributed by atoms with Crippen LogP contribution < -0.4 is 0 Å². The molecule has 0 radical (unpaired) electrons. The Morgan fingerprint density at radius 3 is 0.885 bits per heavy atom. The van der Waals surface area contributed by atoms with Crippen LogP contribution in [0, 0.1) is 13.8 Å². The van der Waals surface area contributed by atoms with Crippen molar-refractivity contribution in [3.05, 3.63) is 166 Å². The first-order chi connectivity index (χ1) is 29.2. The molecule has 0 fully saturated rings. The van der Waals surface area contributed by atoms with Gasteiger partial charge < -0.3 is 28.4 Å². The maximum Gasteiger partial charge on any atom is 0.338 e. The highest BCUT2D eigenvalue weighted by molar-refractivity contribution is 6.00. The average Bonchev–Trinajstić information content (AvgIpc) is 3.26. The summed E-state index contributed by atoms with van der Waals surface area (Å²) in [5.74, 6) is -3.45. The van der Waals surface area contributed by atoms with E-state index in [4.69, 9.17) is 28.4 Å². The molecule has 0 spiro atoms. The number of benzene rings is 6. The average molecular weight is 825 g/mol. The fourth-order valence-electron chi connectivity index (χ4n) is 6.06. The van der Waals surface area contributed by atoms with E-state index in [0.717, 1.165) is 11.1 Å². The Labute approximate surface area is 352 Å². The largest absolute Gasteiger partial charge is 0.458 e. The number of carbonyl (C=O) groups excluding carboxylic acids is 6. The molecular weight excluding hydrogens is 781 g/mol. The minimum absolute atomic E-state index is 0.110. The minimum Gasteiger partial charge on any atom is -0.458 e. The van der Waals surface area contributed by atoms with Crippen molar-refractivity contribution >= 4 is 57.4 Å². The van der Waals surface area contributed by atoms with Gasteiger partial charge in [0.15, 0.2) is 0 Å². The first kappa shape index (κ1) is 43.2. The summed E-state index contributed by atoms with van der Waals surface area (Å²) in [4.78, 5) is 76.2. The molecule has 0 saturated heterocycles. The van der Waals surface area contributed by atoms with Crippen LogP contribution in [0.2, 0.25) is 0 Å². The van der Waals surface area contributed by atoms with Gasteiger partial charge in [0.05, 0.1) is 33.4 Å². The Morgan fingerprint density at radius 1 is 0.344 bits per heavy atom. The summed E-state index contributed by atoms with van der Waals surface area (Å²) in [7, 11) is 0. The highest BCUT2D eigenvalue weighted by Crippen LogP contribution is 2.22. The molecule has 0 saturated carbocycles. The first-order valence-corrected chi connectivity index (χ1v) is 19.6. The predicted octanol–water partition coefficient (Wildman–Crippen LogP) is 8.82. The van der Waals surface area contributed by atoms with Crippen molar-refractivity contribution < 1.29 is 57.2 Å². The highest BCUT2D eigenvalue weighted by atomic mass is 16.6. The molecule has 0 aliphatic carbocycles. The lowest BCUT2D eigenvalue weighted by Crippen LogP contribution is -2.22. The number of rotatable bonds is 15. The Morgan fingerprint density at radius 2 is 0.574 bits per heavy atom. The van der Waals surface area contributed by atoms with E-state index in [1.807, 2.05) is 38.1 Å². The van der Waals surface area contributed by atoms with E-state index in [0.29, 0.717) is 32.7 Å².